The van der Waals surface area contributed by atoms with E-state index < -0.39 is 0 Å². The lowest BCUT2D eigenvalue weighted by atomic mass is 10.1. The highest BCUT2D eigenvalue weighted by Gasteiger charge is 2.17. The van der Waals surface area contributed by atoms with Crippen LogP contribution in [0.5, 0.6) is 11.5 Å². The fourth-order valence-electron chi connectivity index (χ4n) is 2.96. The van der Waals surface area contributed by atoms with Crippen LogP contribution in [0.25, 0.3) is 0 Å². The second-order valence-corrected chi connectivity index (χ2v) is 6.71. The first-order chi connectivity index (χ1) is 13.7. The largest absolute Gasteiger partial charge is 0.497 e. The lowest BCUT2D eigenvalue weighted by molar-refractivity contribution is 0.249. The predicted octanol–water partition coefficient (Wildman–Crippen LogP) is 3.65. The third-order valence-electron chi connectivity index (χ3n) is 4.52. The number of pyridine rings is 1. The van der Waals surface area contributed by atoms with Crippen LogP contribution in [0.15, 0.2) is 65.4 Å². The summed E-state index contributed by atoms with van der Waals surface area (Å²) < 4.78 is 17.0. The summed E-state index contributed by atoms with van der Waals surface area (Å²) in [5.41, 5.74) is 1.93. The van der Waals surface area contributed by atoms with Crippen molar-refractivity contribution in [2.45, 2.75) is 19.2 Å². The van der Waals surface area contributed by atoms with Crippen molar-refractivity contribution in [3.63, 3.8) is 0 Å². The Morgan fingerprint density at radius 1 is 1.14 bits per heavy atom. The summed E-state index contributed by atoms with van der Waals surface area (Å²) in [6.45, 7) is 1.82. The van der Waals surface area contributed by atoms with Crippen LogP contribution < -0.4 is 14.8 Å². The number of nitrogens with one attached hydrogen (secondary N) is 1. The average molecular weight is 381 g/mol. The fraction of sp³-hybridized carbons (Fsp3) is 0.318. The molecule has 2 heterocycles. The second kappa shape index (κ2) is 9.92. The molecule has 0 aliphatic heterocycles. The SMILES string of the molecule is COc1ccc(OCc2ccccn2)c(CNCC(c2ccco2)N(C)C)c1. The van der Waals surface area contributed by atoms with Crippen molar-refractivity contribution in [1.29, 1.82) is 0 Å². The Hall–Kier alpha value is -2.83. The average Bonchev–Trinajstić information content (AvgIpc) is 3.24. The standard InChI is InChI=1S/C22H27N3O3/c1-25(2)20(22-8-6-12-27-22)15-23-14-17-13-19(26-3)9-10-21(17)28-16-18-7-4-5-11-24-18/h4-13,20,23H,14-16H2,1-3H3. The van der Waals surface area contributed by atoms with Crippen LogP contribution in [-0.2, 0) is 13.2 Å². The van der Waals surface area contributed by atoms with Crippen molar-refractivity contribution in [1.82, 2.24) is 15.2 Å². The molecule has 3 aromatic rings. The second-order valence-electron chi connectivity index (χ2n) is 6.71. The first-order valence-electron chi connectivity index (χ1n) is 9.27. The Morgan fingerprint density at radius 3 is 2.71 bits per heavy atom. The molecule has 1 unspecified atom stereocenters. The van der Waals surface area contributed by atoms with E-state index >= 15 is 0 Å². The summed E-state index contributed by atoms with van der Waals surface area (Å²) in [6, 6.07) is 15.7. The maximum atomic E-state index is 6.01. The summed E-state index contributed by atoms with van der Waals surface area (Å²) >= 11 is 0. The Balaban J connectivity index is 1.65. The molecule has 1 aromatic carbocycles. The zero-order chi connectivity index (χ0) is 19.8. The molecule has 0 aliphatic carbocycles. The Bertz CT molecular complexity index is 835. The number of rotatable bonds is 10. The number of aromatic nitrogens is 1. The van der Waals surface area contributed by atoms with E-state index in [2.05, 4.69) is 15.2 Å². The number of likely N-dealkylation sites (N-methyl/N-ethyl adjacent to an activating group) is 1. The van der Waals surface area contributed by atoms with Crippen LogP contribution in [0.2, 0.25) is 0 Å². The van der Waals surface area contributed by atoms with Crippen LogP contribution in [0.3, 0.4) is 0 Å². The molecule has 1 atom stereocenters. The van der Waals surface area contributed by atoms with Crippen molar-refractivity contribution in [2.75, 3.05) is 27.7 Å². The number of benzene rings is 1. The lowest BCUT2D eigenvalue weighted by Gasteiger charge is -2.23. The van der Waals surface area contributed by atoms with Crippen LogP contribution >= 0.6 is 0 Å². The van der Waals surface area contributed by atoms with E-state index in [1.54, 1.807) is 19.6 Å². The van der Waals surface area contributed by atoms with Gasteiger partial charge in [0.1, 0.15) is 23.9 Å². The van der Waals surface area contributed by atoms with E-state index in [1.807, 2.05) is 62.6 Å². The van der Waals surface area contributed by atoms with E-state index in [9.17, 15) is 0 Å². The highest BCUT2D eigenvalue weighted by Crippen LogP contribution is 2.25. The van der Waals surface area contributed by atoms with Crippen molar-refractivity contribution in [2.24, 2.45) is 0 Å². The van der Waals surface area contributed by atoms with Gasteiger partial charge < -0.3 is 19.2 Å². The minimum Gasteiger partial charge on any atom is -0.497 e. The molecule has 3 rings (SSSR count). The number of hydrogen-bond donors (Lipinski definition) is 1. The first-order valence-corrected chi connectivity index (χ1v) is 9.27. The number of nitrogens with zero attached hydrogens (tertiary/aromatic N) is 2. The molecule has 0 spiro atoms. The van der Waals surface area contributed by atoms with Gasteiger partial charge in [0.15, 0.2) is 0 Å². The smallest absolute Gasteiger partial charge is 0.130 e. The van der Waals surface area contributed by atoms with E-state index in [-0.39, 0.29) is 6.04 Å². The Kier molecular flexibility index (Phi) is 7.06. The van der Waals surface area contributed by atoms with E-state index in [4.69, 9.17) is 13.9 Å². The van der Waals surface area contributed by atoms with Gasteiger partial charge in [-0.25, -0.2) is 0 Å². The van der Waals surface area contributed by atoms with E-state index in [1.165, 1.54) is 0 Å². The van der Waals surface area contributed by atoms with Crippen LogP contribution in [0.4, 0.5) is 0 Å². The summed E-state index contributed by atoms with van der Waals surface area (Å²) in [5, 5.41) is 3.51. The third-order valence-corrected chi connectivity index (χ3v) is 4.52. The van der Waals surface area contributed by atoms with Gasteiger partial charge >= 0.3 is 0 Å². The van der Waals surface area contributed by atoms with Crippen molar-refractivity contribution in [3.05, 3.63) is 78.0 Å². The van der Waals surface area contributed by atoms with Gasteiger partial charge in [0.05, 0.1) is 25.1 Å². The molecule has 0 fully saturated rings. The van der Waals surface area contributed by atoms with Crippen molar-refractivity contribution in [3.8, 4) is 11.5 Å². The summed E-state index contributed by atoms with van der Waals surface area (Å²) in [6.07, 6.45) is 3.47. The zero-order valence-corrected chi connectivity index (χ0v) is 16.6. The minimum atomic E-state index is 0.151. The monoisotopic (exact) mass is 381 g/mol. The predicted molar refractivity (Wildman–Crippen MR) is 108 cm³/mol. The summed E-state index contributed by atoms with van der Waals surface area (Å²) in [4.78, 5) is 6.44. The van der Waals surface area contributed by atoms with Crippen LogP contribution in [-0.4, -0.2) is 37.6 Å². The van der Waals surface area contributed by atoms with Gasteiger partial charge in [-0.05, 0) is 56.6 Å². The molecule has 1 N–H and O–H groups in total. The van der Waals surface area contributed by atoms with Gasteiger partial charge in [-0.1, -0.05) is 6.07 Å². The van der Waals surface area contributed by atoms with Crippen molar-refractivity contribution < 1.29 is 13.9 Å². The number of furan rings is 1. The van der Waals surface area contributed by atoms with Crippen LogP contribution in [0, 0.1) is 0 Å². The Morgan fingerprint density at radius 2 is 2.04 bits per heavy atom. The Labute approximate surface area is 166 Å². The zero-order valence-electron chi connectivity index (χ0n) is 16.6. The highest BCUT2D eigenvalue weighted by atomic mass is 16.5. The molecule has 0 saturated carbocycles. The minimum absolute atomic E-state index is 0.151. The number of hydrogen-bond acceptors (Lipinski definition) is 6. The maximum Gasteiger partial charge on any atom is 0.130 e. The molecule has 0 aliphatic rings. The molecule has 0 radical (unpaired) electrons. The quantitative estimate of drug-likeness (QED) is 0.578. The topological polar surface area (TPSA) is 59.8 Å². The fourth-order valence-corrected chi connectivity index (χ4v) is 2.96. The van der Waals surface area contributed by atoms with Gasteiger partial charge in [-0.2, -0.15) is 0 Å². The first kappa shape index (κ1) is 19.9. The molecule has 0 amide bonds. The van der Waals surface area contributed by atoms with Gasteiger partial charge in [-0.3, -0.25) is 9.88 Å². The molecular formula is C22H27N3O3. The van der Waals surface area contributed by atoms with Crippen LogP contribution in [0.1, 0.15) is 23.1 Å². The summed E-state index contributed by atoms with van der Waals surface area (Å²) in [7, 11) is 5.75. The number of ether oxygens (including phenoxy) is 2. The molecule has 0 saturated heterocycles. The summed E-state index contributed by atoms with van der Waals surface area (Å²) in [5.74, 6) is 2.56. The molecular weight excluding hydrogens is 354 g/mol. The highest BCUT2D eigenvalue weighted by molar-refractivity contribution is 5.40. The number of methoxy groups -OCH3 is 1. The molecule has 2 aromatic heterocycles. The maximum absolute atomic E-state index is 6.01. The van der Waals surface area contributed by atoms with Gasteiger partial charge in [0, 0.05) is 24.8 Å². The normalized spacial score (nSPS) is 12.1. The lowest BCUT2D eigenvalue weighted by Crippen LogP contribution is -2.30. The van der Waals surface area contributed by atoms with Gasteiger partial charge in [-0.15, -0.1) is 0 Å². The van der Waals surface area contributed by atoms with Gasteiger partial charge in [0.25, 0.3) is 0 Å². The van der Waals surface area contributed by atoms with Crippen molar-refractivity contribution >= 4 is 0 Å². The van der Waals surface area contributed by atoms with E-state index in [0.29, 0.717) is 13.2 Å². The van der Waals surface area contributed by atoms with E-state index in [0.717, 1.165) is 35.1 Å². The molecule has 0 bridgehead atoms. The molecule has 28 heavy (non-hydrogen) atoms. The molecule has 6 nitrogen and oxygen atoms in total. The molecule has 6 heteroatoms. The molecule has 148 valence electrons. The van der Waals surface area contributed by atoms with Gasteiger partial charge in [0.2, 0.25) is 0 Å². The third kappa shape index (κ3) is 5.34.